The van der Waals surface area contributed by atoms with Crippen LogP contribution in [0.3, 0.4) is 0 Å². The summed E-state index contributed by atoms with van der Waals surface area (Å²) < 4.78 is 19.3. The van der Waals surface area contributed by atoms with Crippen molar-refractivity contribution in [2.45, 2.75) is 40.0 Å². The molecule has 1 aromatic rings. The van der Waals surface area contributed by atoms with Gasteiger partial charge in [-0.05, 0) is 31.4 Å². The van der Waals surface area contributed by atoms with Gasteiger partial charge in [0.15, 0.2) is 0 Å². The molecule has 0 radical (unpaired) electrons. The summed E-state index contributed by atoms with van der Waals surface area (Å²) in [4.78, 5) is 0. The minimum absolute atomic E-state index is 0.659. The summed E-state index contributed by atoms with van der Waals surface area (Å²) in [7, 11) is -2.80. The Balaban J connectivity index is 3.04. The molecule has 0 aliphatic heterocycles. The Bertz CT molecular complexity index is 365. The summed E-state index contributed by atoms with van der Waals surface area (Å²) in [5.74, 6) is 0. The Morgan fingerprint density at radius 2 is 1.40 bits per heavy atom. The molecule has 0 amide bonds. The van der Waals surface area contributed by atoms with Gasteiger partial charge >= 0.3 is 8.80 Å². The van der Waals surface area contributed by atoms with E-state index in [2.05, 4.69) is 36.7 Å². The number of hydrogen-bond acceptors (Lipinski definition) is 3. The molecule has 0 saturated carbocycles. The molecule has 0 saturated heterocycles. The van der Waals surface area contributed by atoms with E-state index in [1.165, 1.54) is 0 Å². The fourth-order valence-electron chi connectivity index (χ4n) is 1.76. The maximum atomic E-state index is 6.10. The van der Waals surface area contributed by atoms with Crippen LogP contribution in [0.4, 0.5) is 0 Å². The van der Waals surface area contributed by atoms with E-state index in [4.69, 9.17) is 13.3 Å². The standard InChI is InChI=1S/C15H25BrO3Si/c1-4-10-17-20(18-11-5-2,19-12-6-3)15-9-7-8-14(16)13-15/h7-9,13H,4-6,10-12H2,1-3H3. The highest BCUT2D eigenvalue weighted by Gasteiger charge is 2.43. The molecule has 0 spiro atoms. The van der Waals surface area contributed by atoms with Crippen LogP contribution < -0.4 is 5.19 Å². The van der Waals surface area contributed by atoms with Gasteiger partial charge < -0.3 is 13.3 Å². The number of hydrogen-bond donors (Lipinski definition) is 0. The molecule has 0 aromatic heterocycles. The molecule has 1 aromatic carbocycles. The van der Waals surface area contributed by atoms with Gasteiger partial charge in [-0.25, -0.2) is 0 Å². The van der Waals surface area contributed by atoms with Gasteiger partial charge in [0, 0.05) is 29.5 Å². The number of benzene rings is 1. The van der Waals surface area contributed by atoms with Crippen LogP contribution in [0.15, 0.2) is 28.7 Å². The molecule has 20 heavy (non-hydrogen) atoms. The first-order valence-corrected chi connectivity index (χ1v) is 9.88. The molecule has 5 heteroatoms. The lowest BCUT2D eigenvalue weighted by Crippen LogP contribution is -2.57. The van der Waals surface area contributed by atoms with Crippen molar-refractivity contribution in [1.82, 2.24) is 0 Å². The lowest BCUT2D eigenvalue weighted by molar-refractivity contribution is 0.0732. The third kappa shape index (κ3) is 5.29. The van der Waals surface area contributed by atoms with Crippen molar-refractivity contribution in [3.8, 4) is 0 Å². The van der Waals surface area contributed by atoms with E-state index in [0.717, 1.165) is 28.9 Å². The van der Waals surface area contributed by atoms with E-state index in [1.54, 1.807) is 0 Å². The first-order valence-electron chi connectivity index (χ1n) is 7.36. The third-order valence-corrected chi connectivity index (χ3v) is 5.93. The lowest BCUT2D eigenvalue weighted by atomic mass is 10.4. The van der Waals surface area contributed by atoms with Crippen molar-refractivity contribution in [1.29, 1.82) is 0 Å². The van der Waals surface area contributed by atoms with Crippen molar-refractivity contribution in [2.24, 2.45) is 0 Å². The van der Waals surface area contributed by atoms with Crippen LogP contribution in [0.25, 0.3) is 0 Å². The SMILES string of the molecule is CCCO[Si](OCCC)(OCCC)c1cccc(Br)c1. The zero-order chi connectivity index (χ0) is 14.8. The highest BCUT2D eigenvalue weighted by Crippen LogP contribution is 2.16. The summed E-state index contributed by atoms with van der Waals surface area (Å²) in [5, 5.41) is 1.03. The molecule has 114 valence electrons. The summed E-state index contributed by atoms with van der Waals surface area (Å²) in [6.45, 7) is 8.27. The Hall–Kier alpha value is -0.203. The van der Waals surface area contributed by atoms with Crippen molar-refractivity contribution >= 4 is 29.9 Å². The molecular formula is C15H25BrO3Si. The molecular weight excluding hydrogens is 336 g/mol. The van der Waals surface area contributed by atoms with Gasteiger partial charge in [0.1, 0.15) is 0 Å². The van der Waals surface area contributed by atoms with E-state index < -0.39 is 8.80 Å². The van der Waals surface area contributed by atoms with Crippen LogP contribution in [0.1, 0.15) is 40.0 Å². The van der Waals surface area contributed by atoms with E-state index in [9.17, 15) is 0 Å². The molecule has 0 fully saturated rings. The lowest BCUT2D eigenvalue weighted by Gasteiger charge is -2.29. The van der Waals surface area contributed by atoms with E-state index in [0.29, 0.717) is 19.8 Å². The topological polar surface area (TPSA) is 27.7 Å². The highest BCUT2D eigenvalue weighted by atomic mass is 79.9. The Morgan fingerprint density at radius 1 is 0.900 bits per heavy atom. The van der Waals surface area contributed by atoms with E-state index in [-0.39, 0.29) is 0 Å². The monoisotopic (exact) mass is 360 g/mol. The summed E-state index contributed by atoms with van der Waals surface area (Å²) in [6, 6.07) is 8.09. The van der Waals surface area contributed by atoms with Gasteiger partial charge in [-0.2, -0.15) is 0 Å². The maximum absolute atomic E-state index is 6.10. The molecule has 0 aliphatic rings. The van der Waals surface area contributed by atoms with Crippen LogP contribution in [-0.4, -0.2) is 28.6 Å². The zero-order valence-corrected chi connectivity index (χ0v) is 15.2. The average Bonchev–Trinajstić information content (AvgIpc) is 2.47. The van der Waals surface area contributed by atoms with Crippen molar-refractivity contribution in [3.63, 3.8) is 0 Å². The molecule has 0 heterocycles. The van der Waals surface area contributed by atoms with Crippen LogP contribution >= 0.6 is 15.9 Å². The molecule has 0 N–H and O–H groups in total. The van der Waals surface area contributed by atoms with Gasteiger partial charge in [0.05, 0.1) is 0 Å². The minimum Gasteiger partial charge on any atom is -0.370 e. The largest absolute Gasteiger partial charge is 0.537 e. The van der Waals surface area contributed by atoms with Gasteiger partial charge in [-0.1, -0.05) is 48.8 Å². The quantitative estimate of drug-likeness (QED) is 0.592. The predicted molar refractivity (Wildman–Crippen MR) is 88.3 cm³/mol. The van der Waals surface area contributed by atoms with Crippen LogP contribution in [0, 0.1) is 0 Å². The Morgan fingerprint density at radius 3 is 1.80 bits per heavy atom. The van der Waals surface area contributed by atoms with E-state index in [1.807, 2.05) is 24.3 Å². The molecule has 0 aliphatic carbocycles. The predicted octanol–water partition coefficient (Wildman–Crippen LogP) is 3.87. The van der Waals surface area contributed by atoms with Gasteiger partial charge in [0.25, 0.3) is 0 Å². The van der Waals surface area contributed by atoms with Crippen molar-refractivity contribution in [3.05, 3.63) is 28.7 Å². The molecule has 0 unspecified atom stereocenters. The summed E-state index contributed by atoms with van der Waals surface area (Å²) in [6.07, 6.45) is 2.86. The average molecular weight is 361 g/mol. The second kappa shape index (κ2) is 9.68. The highest BCUT2D eigenvalue weighted by molar-refractivity contribution is 9.10. The Labute approximate surface area is 132 Å². The molecule has 0 bridgehead atoms. The van der Waals surface area contributed by atoms with Crippen LogP contribution in [0.5, 0.6) is 0 Å². The number of halogens is 1. The smallest absolute Gasteiger partial charge is 0.370 e. The van der Waals surface area contributed by atoms with Crippen LogP contribution in [-0.2, 0) is 13.3 Å². The van der Waals surface area contributed by atoms with Gasteiger partial charge in [-0.15, -0.1) is 0 Å². The maximum Gasteiger partial charge on any atom is 0.537 e. The zero-order valence-electron chi connectivity index (χ0n) is 12.7. The van der Waals surface area contributed by atoms with Crippen LogP contribution in [0.2, 0.25) is 0 Å². The third-order valence-electron chi connectivity index (χ3n) is 2.67. The first-order chi connectivity index (χ1) is 9.68. The fraction of sp³-hybridized carbons (Fsp3) is 0.600. The second-order valence-electron chi connectivity index (χ2n) is 4.61. The minimum atomic E-state index is -2.80. The first kappa shape index (κ1) is 17.8. The second-order valence-corrected chi connectivity index (χ2v) is 8.08. The molecule has 3 nitrogen and oxygen atoms in total. The summed E-state index contributed by atoms with van der Waals surface area (Å²) >= 11 is 3.51. The van der Waals surface area contributed by atoms with Crippen molar-refractivity contribution < 1.29 is 13.3 Å². The Kier molecular flexibility index (Phi) is 8.64. The fourth-order valence-corrected chi connectivity index (χ4v) is 5.17. The van der Waals surface area contributed by atoms with E-state index >= 15 is 0 Å². The number of rotatable bonds is 10. The summed E-state index contributed by atoms with van der Waals surface area (Å²) in [5.41, 5.74) is 0. The van der Waals surface area contributed by atoms with Gasteiger partial charge in [0.2, 0.25) is 0 Å². The normalized spacial score (nSPS) is 11.8. The molecule has 0 atom stereocenters. The molecule has 1 rings (SSSR count). The van der Waals surface area contributed by atoms with Gasteiger partial charge in [-0.3, -0.25) is 0 Å². The van der Waals surface area contributed by atoms with Crippen molar-refractivity contribution in [2.75, 3.05) is 19.8 Å².